The summed E-state index contributed by atoms with van der Waals surface area (Å²) in [6.07, 6.45) is 2.37. The third kappa shape index (κ3) is 5.54. The standard InChI is InChI=1S/C14H21Br2N/c1-14(2,3)6-5-13(17-4)10-7-11(15)9-12(16)8-10/h7-9,13,17H,5-6H2,1-4H3. The van der Waals surface area contributed by atoms with Crippen LogP contribution in [0.1, 0.15) is 45.2 Å². The Labute approximate surface area is 122 Å². The van der Waals surface area contributed by atoms with E-state index in [1.165, 1.54) is 12.0 Å². The van der Waals surface area contributed by atoms with Crippen molar-refractivity contribution in [3.8, 4) is 0 Å². The van der Waals surface area contributed by atoms with Gasteiger partial charge in [-0.2, -0.15) is 0 Å². The van der Waals surface area contributed by atoms with Crippen molar-refractivity contribution in [1.29, 1.82) is 0 Å². The number of rotatable bonds is 4. The van der Waals surface area contributed by atoms with Gasteiger partial charge in [-0.3, -0.25) is 0 Å². The smallest absolute Gasteiger partial charge is 0.0318 e. The zero-order valence-corrected chi connectivity index (χ0v) is 14.2. The molecule has 96 valence electrons. The normalized spacial score (nSPS) is 13.8. The summed E-state index contributed by atoms with van der Waals surface area (Å²) in [6, 6.07) is 6.87. The number of hydrogen-bond donors (Lipinski definition) is 1. The van der Waals surface area contributed by atoms with E-state index in [1.54, 1.807) is 0 Å². The van der Waals surface area contributed by atoms with Crippen molar-refractivity contribution in [3.05, 3.63) is 32.7 Å². The molecule has 3 heteroatoms. The van der Waals surface area contributed by atoms with E-state index in [2.05, 4.69) is 76.1 Å². The van der Waals surface area contributed by atoms with Gasteiger partial charge in [-0.1, -0.05) is 52.6 Å². The number of nitrogens with one attached hydrogen (secondary N) is 1. The van der Waals surface area contributed by atoms with Crippen molar-refractivity contribution >= 4 is 31.9 Å². The van der Waals surface area contributed by atoms with Crippen LogP contribution < -0.4 is 5.32 Å². The molecule has 0 saturated heterocycles. The van der Waals surface area contributed by atoms with Crippen molar-refractivity contribution in [2.24, 2.45) is 5.41 Å². The van der Waals surface area contributed by atoms with Crippen molar-refractivity contribution in [2.45, 2.75) is 39.7 Å². The first-order chi connectivity index (χ1) is 7.81. The Morgan fingerprint density at radius 3 is 2.06 bits per heavy atom. The van der Waals surface area contributed by atoms with E-state index in [9.17, 15) is 0 Å². The summed E-state index contributed by atoms with van der Waals surface area (Å²) >= 11 is 7.09. The lowest BCUT2D eigenvalue weighted by Crippen LogP contribution is -2.19. The largest absolute Gasteiger partial charge is 0.313 e. The van der Waals surface area contributed by atoms with Crippen molar-refractivity contribution in [3.63, 3.8) is 0 Å². The van der Waals surface area contributed by atoms with Crippen LogP contribution in [-0.2, 0) is 0 Å². The van der Waals surface area contributed by atoms with Crippen molar-refractivity contribution in [2.75, 3.05) is 7.05 Å². The molecule has 1 aromatic rings. The van der Waals surface area contributed by atoms with Crippen LogP contribution in [0.15, 0.2) is 27.1 Å². The van der Waals surface area contributed by atoms with Gasteiger partial charge in [0.25, 0.3) is 0 Å². The molecule has 1 atom stereocenters. The minimum atomic E-state index is 0.387. The predicted octanol–water partition coefficient (Wildman–Crippen LogP) is 5.30. The number of hydrogen-bond acceptors (Lipinski definition) is 1. The summed E-state index contributed by atoms with van der Waals surface area (Å²) in [4.78, 5) is 0. The zero-order chi connectivity index (χ0) is 13.1. The molecule has 0 bridgehead atoms. The Morgan fingerprint density at radius 1 is 1.12 bits per heavy atom. The van der Waals surface area contributed by atoms with E-state index in [-0.39, 0.29) is 0 Å². The molecule has 0 amide bonds. The minimum Gasteiger partial charge on any atom is -0.313 e. The highest BCUT2D eigenvalue weighted by Crippen LogP contribution is 2.30. The van der Waals surface area contributed by atoms with Gasteiger partial charge in [0, 0.05) is 15.0 Å². The summed E-state index contributed by atoms with van der Waals surface area (Å²) in [5.74, 6) is 0. The maximum atomic E-state index is 3.54. The van der Waals surface area contributed by atoms with Crippen LogP contribution in [0.5, 0.6) is 0 Å². The van der Waals surface area contributed by atoms with E-state index >= 15 is 0 Å². The molecule has 0 aliphatic rings. The summed E-state index contributed by atoms with van der Waals surface area (Å²) in [7, 11) is 2.03. The highest BCUT2D eigenvalue weighted by atomic mass is 79.9. The van der Waals surface area contributed by atoms with Crippen LogP contribution in [0.2, 0.25) is 0 Å². The molecule has 1 unspecified atom stereocenters. The first kappa shape index (κ1) is 15.2. The lowest BCUT2D eigenvalue weighted by Gasteiger charge is -2.23. The van der Waals surface area contributed by atoms with Crippen LogP contribution in [0, 0.1) is 5.41 Å². The molecule has 1 aromatic carbocycles. The van der Waals surface area contributed by atoms with Gasteiger partial charge in [0.2, 0.25) is 0 Å². The first-order valence-electron chi connectivity index (χ1n) is 5.95. The number of halogens is 2. The summed E-state index contributed by atoms with van der Waals surface area (Å²) < 4.78 is 2.25. The molecule has 0 aromatic heterocycles. The molecule has 0 aliphatic carbocycles. The maximum absolute atomic E-state index is 3.54. The van der Waals surface area contributed by atoms with E-state index in [4.69, 9.17) is 0 Å². The van der Waals surface area contributed by atoms with Gasteiger partial charge in [0.15, 0.2) is 0 Å². The second-order valence-corrected chi connectivity index (χ2v) is 7.47. The molecular weight excluding hydrogens is 342 g/mol. The molecule has 0 spiro atoms. The Morgan fingerprint density at radius 2 is 1.65 bits per heavy atom. The molecule has 17 heavy (non-hydrogen) atoms. The second kappa shape index (κ2) is 6.35. The Bertz CT molecular complexity index is 349. The van der Waals surface area contributed by atoms with Crippen LogP contribution in [0.25, 0.3) is 0 Å². The molecule has 0 saturated carbocycles. The lowest BCUT2D eigenvalue weighted by atomic mass is 9.87. The topological polar surface area (TPSA) is 12.0 Å². The quantitative estimate of drug-likeness (QED) is 0.766. The Hall–Kier alpha value is 0.140. The third-order valence-electron chi connectivity index (χ3n) is 2.82. The van der Waals surface area contributed by atoms with Crippen LogP contribution >= 0.6 is 31.9 Å². The number of benzene rings is 1. The van der Waals surface area contributed by atoms with E-state index in [0.29, 0.717) is 11.5 Å². The summed E-state index contributed by atoms with van der Waals surface area (Å²) in [5, 5.41) is 3.40. The Kier molecular flexibility index (Phi) is 5.68. The molecule has 0 radical (unpaired) electrons. The lowest BCUT2D eigenvalue weighted by molar-refractivity contribution is 0.338. The monoisotopic (exact) mass is 361 g/mol. The molecule has 1 rings (SSSR count). The third-order valence-corrected chi connectivity index (χ3v) is 3.73. The fourth-order valence-corrected chi connectivity index (χ4v) is 3.16. The van der Waals surface area contributed by atoms with Crippen LogP contribution in [0.3, 0.4) is 0 Å². The molecule has 0 heterocycles. The van der Waals surface area contributed by atoms with Gasteiger partial charge in [-0.15, -0.1) is 0 Å². The zero-order valence-electron chi connectivity index (χ0n) is 11.0. The fourth-order valence-electron chi connectivity index (χ4n) is 1.83. The van der Waals surface area contributed by atoms with Gasteiger partial charge in [0.1, 0.15) is 0 Å². The average molecular weight is 363 g/mol. The van der Waals surface area contributed by atoms with Gasteiger partial charge in [0.05, 0.1) is 0 Å². The highest BCUT2D eigenvalue weighted by Gasteiger charge is 2.16. The predicted molar refractivity (Wildman–Crippen MR) is 82.3 cm³/mol. The maximum Gasteiger partial charge on any atom is 0.0318 e. The SMILES string of the molecule is CNC(CCC(C)(C)C)c1cc(Br)cc(Br)c1. The molecule has 1 N–H and O–H groups in total. The van der Waals surface area contributed by atoms with E-state index in [1.807, 2.05) is 7.05 Å². The summed E-state index contributed by atoms with van der Waals surface area (Å²) in [6.45, 7) is 6.86. The van der Waals surface area contributed by atoms with Gasteiger partial charge < -0.3 is 5.32 Å². The van der Waals surface area contributed by atoms with Crippen LogP contribution in [0.4, 0.5) is 0 Å². The van der Waals surface area contributed by atoms with Gasteiger partial charge in [-0.25, -0.2) is 0 Å². The van der Waals surface area contributed by atoms with E-state index < -0.39 is 0 Å². The fraction of sp³-hybridized carbons (Fsp3) is 0.571. The Balaban J connectivity index is 2.79. The van der Waals surface area contributed by atoms with Gasteiger partial charge >= 0.3 is 0 Å². The summed E-state index contributed by atoms with van der Waals surface area (Å²) in [5.41, 5.74) is 1.72. The van der Waals surface area contributed by atoms with Crippen LogP contribution in [-0.4, -0.2) is 7.05 Å². The average Bonchev–Trinajstić information content (AvgIpc) is 2.15. The molecule has 0 aliphatic heterocycles. The van der Waals surface area contributed by atoms with Crippen molar-refractivity contribution < 1.29 is 0 Å². The minimum absolute atomic E-state index is 0.387. The highest BCUT2D eigenvalue weighted by molar-refractivity contribution is 9.11. The second-order valence-electron chi connectivity index (χ2n) is 5.64. The molecule has 1 nitrogen and oxygen atoms in total. The molecule has 0 fully saturated rings. The van der Waals surface area contributed by atoms with Gasteiger partial charge in [-0.05, 0) is 49.1 Å². The first-order valence-corrected chi connectivity index (χ1v) is 7.54. The van der Waals surface area contributed by atoms with E-state index in [0.717, 1.165) is 15.4 Å². The van der Waals surface area contributed by atoms with Crippen molar-refractivity contribution in [1.82, 2.24) is 5.32 Å². The molecular formula is C14H21Br2N.